The third-order valence-corrected chi connectivity index (χ3v) is 3.19. The molecule has 0 aliphatic rings. The van der Waals surface area contributed by atoms with Crippen LogP contribution < -0.4 is 4.74 Å². The van der Waals surface area contributed by atoms with Gasteiger partial charge in [0.2, 0.25) is 0 Å². The number of rotatable bonds is 5. The van der Waals surface area contributed by atoms with Crippen LogP contribution >= 0.6 is 0 Å². The molecule has 0 bridgehead atoms. The lowest BCUT2D eigenvalue weighted by atomic mass is 10.2. The first-order valence-corrected chi connectivity index (χ1v) is 6.98. The van der Waals surface area contributed by atoms with E-state index in [0.29, 0.717) is 17.0 Å². The topological polar surface area (TPSA) is 63.9 Å². The van der Waals surface area contributed by atoms with Crippen LogP contribution in [0.3, 0.4) is 0 Å². The molecule has 0 fully saturated rings. The number of aromatic hydroxyl groups is 1. The van der Waals surface area contributed by atoms with Gasteiger partial charge in [-0.05, 0) is 44.5 Å². The largest absolute Gasteiger partial charge is 0.504 e. The van der Waals surface area contributed by atoms with Gasteiger partial charge in [-0.3, -0.25) is 4.98 Å². The van der Waals surface area contributed by atoms with E-state index < -0.39 is 0 Å². The average molecular weight is 300 g/mol. The minimum absolute atomic E-state index is 0.0716. The SMILES string of the molecule is COc1cccc(CON=C(C)c2cc(C)cc(C)n2)c1O. The van der Waals surface area contributed by atoms with Crippen molar-refractivity contribution in [3.05, 3.63) is 52.8 Å². The first-order valence-electron chi connectivity index (χ1n) is 6.98. The molecule has 2 rings (SSSR count). The summed E-state index contributed by atoms with van der Waals surface area (Å²) in [7, 11) is 1.51. The molecule has 0 saturated heterocycles. The zero-order valence-corrected chi connectivity index (χ0v) is 13.3. The van der Waals surface area contributed by atoms with Crippen molar-refractivity contribution in [3.63, 3.8) is 0 Å². The van der Waals surface area contributed by atoms with Crippen LogP contribution in [0.25, 0.3) is 0 Å². The fourth-order valence-corrected chi connectivity index (χ4v) is 2.12. The van der Waals surface area contributed by atoms with Crippen molar-refractivity contribution < 1.29 is 14.7 Å². The van der Waals surface area contributed by atoms with Gasteiger partial charge in [-0.1, -0.05) is 17.3 Å². The Kier molecular flexibility index (Phi) is 4.99. The summed E-state index contributed by atoms with van der Waals surface area (Å²) < 4.78 is 5.06. The number of ether oxygens (including phenoxy) is 1. The summed E-state index contributed by atoms with van der Waals surface area (Å²) in [5.74, 6) is 0.486. The highest BCUT2D eigenvalue weighted by Gasteiger charge is 2.08. The van der Waals surface area contributed by atoms with E-state index >= 15 is 0 Å². The van der Waals surface area contributed by atoms with E-state index in [2.05, 4.69) is 10.1 Å². The Morgan fingerprint density at radius 1 is 1.27 bits per heavy atom. The molecule has 116 valence electrons. The smallest absolute Gasteiger partial charge is 0.164 e. The second kappa shape index (κ2) is 6.93. The molecule has 1 aromatic carbocycles. The standard InChI is InChI=1S/C17H20N2O3/c1-11-8-12(2)18-15(9-11)13(3)19-22-10-14-6-5-7-16(21-4)17(14)20/h5-9,20H,10H2,1-4H3. The lowest BCUT2D eigenvalue weighted by molar-refractivity contribution is 0.128. The van der Waals surface area contributed by atoms with E-state index in [1.807, 2.05) is 32.9 Å². The maximum absolute atomic E-state index is 9.98. The number of oxime groups is 1. The van der Waals surface area contributed by atoms with E-state index in [9.17, 15) is 5.11 Å². The predicted octanol–water partition coefficient (Wildman–Crippen LogP) is 3.35. The highest BCUT2D eigenvalue weighted by Crippen LogP contribution is 2.29. The van der Waals surface area contributed by atoms with Crippen molar-refractivity contribution in [1.82, 2.24) is 4.98 Å². The van der Waals surface area contributed by atoms with E-state index in [1.165, 1.54) is 7.11 Å². The normalized spacial score (nSPS) is 11.4. The van der Waals surface area contributed by atoms with Gasteiger partial charge >= 0.3 is 0 Å². The van der Waals surface area contributed by atoms with Gasteiger partial charge in [0.25, 0.3) is 0 Å². The van der Waals surface area contributed by atoms with Crippen LogP contribution in [-0.4, -0.2) is 22.9 Å². The summed E-state index contributed by atoms with van der Waals surface area (Å²) in [4.78, 5) is 9.75. The highest BCUT2D eigenvalue weighted by molar-refractivity contribution is 5.96. The summed E-state index contributed by atoms with van der Waals surface area (Å²) in [6, 6.07) is 9.20. The number of phenols is 1. The van der Waals surface area contributed by atoms with Crippen LogP contribution in [0, 0.1) is 13.8 Å². The fourth-order valence-electron chi connectivity index (χ4n) is 2.12. The molecule has 0 aliphatic carbocycles. The Hall–Kier alpha value is -2.56. The number of pyridine rings is 1. The number of benzene rings is 1. The summed E-state index contributed by atoms with van der Waals surface area (Å²) in [6.07, 6.45) is 0. The number of aryl methyl sites for hydroxylation is 2. The number of methoxy groups -OCH3 is 1. The molecule has 0 saturated carbocycles. The van der Waals surface area contributed by atoms with E-state index in [0.717, 1.165) is 17.0 Å². The molecule has 0 aliphatic heterocycles. The minimum Gasteiger partial charge on any atom is -0.504 e. The number of nitrogens with zero attached hydrogens (tertiary/aromatic N) is 2. The Balaban J connectivity index is 2.09. The third kappa shape index (κ3) is 3.75. The van der Waals surface area contributed by atoms with E-state index in [1.54, 1.807) is 18.2 Å². The molecule has 2 aromatic rings. The van der Waals surface area contributed by atoms with Crippen LogP contribution in [-0.2, 0) is 11.4 Å². The predicted molar refractivity (Wildman–Crippen MR) is 85.4 cm³/mol. The number of para-hydroxylation sites is 1. The molecule has 0 unspecified atom stereocenters. The van der Waals surface area contributed by atoms with Gasteiger partial charge in [0.15, 0.2) is 11.5 Å². The van der Waals surface area contributed by atoms with Gasteiger partial charge in [-0.25, -0.2) is 0 Å². The second-order valence-electron chi connectivity index (χ2n) is 5.09. The number of hydrogen-bond acceptors (Lipinski definition) is 5. The van der Waals surface area contributed by atoms with Crippen LogP contribution in [0.15, 0.2) is 35.5 Å². The molecule has 0 atom stereocenters. The van der Waals surface area contributed by atoms with Gasteiger partial charge in [0.05, 0.1) is 12.8 Å². The number of phenolic OH excluding ortho intramolecular Hbond substituents is 1. The van der Waals surface area contributed by atoms with Crippen molar-refractivity contribution in [2.45, 2.75) is 27.4 Å². The van der Waals surface area contributed by atoms with Crippen molar-refractivity contribution >= 4 is 5.71 Å². The maximum Gasteiger partial charge on any atom is 0.164 e. The Bertz CT molecular complexity index is 676. The number of hydrogen-bond donors (Lipinski definition) is 1. The molecular weight excluding hydrogens is 280 g/mol. The zero-order chi connectivity index (χ0) is 16.1. The molecule has 0 spiro atoms. The van der Waals surface area contributed by atoms with Crippen LogP contribution in [0.1, 0.15) is 29.4 Å². The minimum atomic E-state index is 0.0716. The molecule has 0 radical (unpaired) electrons. The van der Waals surface area contributed by atoms with Gasteiger partial charge in [0.1, 0.15) is 12.3 Å². The third-order valence-electron chi connectivity index (χ3n) is 3.19. The van der Waals surface area contributed by atoms with Crippen molar-refractivity contribution in [3.8, 4) is 11.5 Å². The summed E-state index contributed by atoms with van der Waals surface area (Å²) >= 11 is 0. The lowest BCUT2D eigenvalue weighted by Crippen LogP contribution is -2.02. The first-order chi connectivity index (χ1) is 10.5. The summed E-state index contributed by atoms with van der Waals surface area (Å²) in [6.45, 7) is 5.96. The first kappa shape index (κ1) is 15.8. The molecule has 5 nitrogen and oxygen atoms in total. The molecule has 22 heavy (non-hydrogen) atoms. The molecule has 1 heterocycles. The molecule has 5 heteroatoms. The molecule has 0 amide bonds. The molecule has 1 aromatic heterocycles. The zero-order valence-electron chi connectivity index (χ0n) is 13.3. The maximum atomic E-state index is 9.98. The van der Waals surface area contributed by atoms with Crippen LogP contribution in [0.4, 0.5) is 0 Å². The molecule has 1 N–H and O–H groups in total. The van der Waals surface area contributed by atoms with Crippen LogP contribution in [0.5, 0.6) is 11.5 Å². The average Bonchev–Trinajstić information content (AvgIpc) is 2.48. The monoisotopic (exact) mass is 300 g/mol. The van der Waals surface area contributed by atoms with E-state index in [-0.39, 0.29) is 12.4 Å². The van der Waals surface area contributed by atoms with Crippen LogP contribution in [0.2, 0.25) is 0 Å². The quantitative estimate of drug-likeness (QED) is 0.679. The Morgan fingerprint density at radius 3 is 2.73 bits per heavy atom. The highest BCUT2D eigenvalue weighted by atomic mass is 16.6. The van der Waals surface area contributed by atoms with Gasteiger partial charge in [-0.2, -0.15) is 0 Å². The fraction of sp³-hybridized carbons (Fsp3) is 0.294. The van der Waals surface area contributed by atoms with Crippen molar-refractivity contribution in [1.29, 1.82) is 0 Å². The molecular formula is C17H20N2O3. The van der Waals surface area contributed by atoms with E-state index in [4.69, 9.17) is 9.57 Å². The van der Waals surface area contributed by atoms with Gasteiger partial charge < -0.3 is 14.7 Å². The van der Waals surface area contributed by atoms with Crippen molar-refractivity contribution in [2.24, 2.45) is 5.16 Å². The Labute approximate surface area is 130 Å². The van der Waals surface area contributed by atoms with Crippen molar-refractivity contribution in [2.75, 3.05) is 7.11 Å². The van der Waals surface area contributed by atoms with Gasteiger partial charge in [-0.15, -0.1) is 0 Å². The van der Waals surface area contributed by atoms with Gasteiger partial charge in [0, 0.05) is 11.3 Å². The lowest BCUT2D eigenvalue weighted by Gasteiger charge is -2.08. The second-order valence-corrected chi connectivity index (χ2v) is 5.09. The summed E-state index contributed by atoms with van der Waals surface area (Å²) in [5, 5.41) is 14.0. The summed E-state index contributed by atoms with van der Waals surface area (Å²) in [5.41, 5.74) is 4.16. The Morgan fingerprint density at radius 2 is 2.05 bits per heavy atom. The number of aromatic nitrogens is 1.